The minimum absolute atomic E-state index is 0.119. The van der Waals surface area contributed by atoms with Gasteiger partial charge in [-0.1, -0.05) is 18.5 Å². The molecular weight excluding hydrogens is 332 g/mol. The second-order valence-electron chi connectivity index (χ2n) is 6.01. The molecular formula is C16H22N2O3S2. The van der Waals surface area contributed by atoms with E-state index in [1.165, 1.54) is 11.3 Å². The Morgan fingerprint density at radius 3 is 2.78 bits per heavy atom. The predicted octanol–water partition coefficient (Wildman–Crippen LogP) is 3.97. The Labute approximate surface area is 141 Å². The molecule has 0 aliphatic carbocycles. The van der Waals surface area contributed by atoms with Gasteiger partial charge in [0.1, 0.15) is 4.21 Å². The van der Waals surface area contributed by atoms with Crippen LogP contribution in [0.5, 0.6) is 0 Å². The molecule has 0 amide bonds. The van der Waals surface area contributed by atoms with Crippen LogP contribution in [-0.4, -0.2) is 30.5 Å². The summed E-state index contributed by atoms with van der Waals surface area (Å²) in [5.41, 5.74) is 1.79. The molecule has 0 unspecified atom stereocenters. The maximum Gasteiger partial charge on any atom is 0.252 e. The molecule has 0 radical (unpaired) electrons. The van der Waals surface area contributed by atoms with E-state index in [2.05, 4.69) is 12.1 Å². The van der Waals surface area contributed by atoms with E-state index in [0.29, 0.717) is 16.5 Å². The quantitative estimate of drug-likeness (QED) is 0.833. The topological polar surface area (TPSA) is 63.4 Å². The summed E-state index contributed by atoms with van der Waals surface area (Å²) >= 11 is 1.26. The minimum Gasteiger partial charge on any atom is -0.355 e. The third-order valence-electron chi connectivity index (χ3n) is 4.57. The zero-order valence-corrected chi connectivity index (χ0v) is 15.3. The van der Waals surface area contributed by atoms with Crippen molar-refractivity contribution in [3.05, 3.63) is 23.4 Å². The van der Waals surface area contributed by atoms with Crippen LogP contribution in [0.25, 0.3) is 10.6 Å². The third kappa shape index (κ3) is 2.97. The summed E-state index contributed by atoms with van der Waals surface area (Å²) in [7, 11) is -3.43. The van der Waals surface area contributed by atoms with Gasteiger partial charge >= 0.3 is 0 Å². The summed E-state index contributed by atoms with van der Waals surface area (Å²) in [6.07, 6.45) is 3.86. The first-order valence-electron chi connectivity index (χ1n) is 8.00. The molecule has 1 fully saturated rings. The molecule has 2 aromatic heterocycles. The van der Waals surface area contributed by atoms with Crippen LogP contribution < -0.4 is 0 Å². The van der Waals surface area contributed by atoms with E-state index in [9.17, 15) is 8.42 Å². The smallest absolute Gasteiger partial charge is 0.252 e. The van der Waals surface area contributed by atoms with Crippen molar-refractivity contribution in [3.63, 3.8) is 0 Å². The van der Waals surface area contributed by atoms with Gasteiger partial charge in [-0.2, -0.15) is 4.31 Å². The Kier molecular flexibility index (Phi) is 4.62. The van der Waals surface area contributed by atoms with E-state index in [1.54, 1.807) is 10.4 Å². The average molecular weight is 354 g/mol. The molecule has 1 aliphatic rings. The number of aromatic nitrogens is 1. The molecule has 7 heteroatoms. The van der Waals surface area contributed by atoms with Crippen molar-refractivity contribution in [1.82, 2.24) is 9.46 Å². The summed E-state index contributed by atoms with van der Waals surface area (Å²) in [6, 6.07) is 3.62. The molecule has 1 atom stereocenters. The van der Waals surface area contributed by atoms with Gasteiger partial charge in [-0.15, -0.1) is 11.3 Å². The van der Waals surface area contributed by atoms with Crippen molar-refractivity contribution >= 4 is 21.4 Å². The van der Waals surface area contributed by atoms with E-state index >= 15 is 0 Å². The van der Waals surface area contributed by atoms with Gasteiger partial charge in [-0.25, -0.2) is 8.42 Å². The number of thiophene rings is 1. The number of nitrogens with zero attached hydrogens (tertiary/aromatic N) is 2. The van der Waals surface area contributed by atoms with Crippen LogP contribution in [0, 0.1) is 13.8 Å². The molecule has 0 saturated carbocycles. The molecule has 3 rings (SSSR count). The maximum absolute atomic E-state index is 13.0. The SMILES string of the molecule is CC[C@@H]1CCCCN1S(=O)(=O)c1ccc(-c2onc(C)c2C)s1. The fraction of sp³-hybridized carbons (Fsp3) is 0.562. The summed E-state index contributed by atoms with van der Waals surface area (Å²) < 4.78 is 33.4. The zero-order chi connectivity index (χ0) is 16.6. The van der Waals surface area contributed by atoms with Gasteiger partial charge in [0.05, 0.1) is 10.6 Å². The van der Waals surface area contributed by atoms with Crippen LogP contribution in [0.15, 0.2) is 20.9 Å². The van der Waals surface area contributed by atoms with Crippen molar-refractivity contribution < 1.29 is 12.9 Å². The van der Waals surface area contributed by atoms with Crippen molar-refractivity contribution in [3.8, 4) is 10.6 Å². The number of hydrogen-bond donors (Lipinski definition) is 0. The Morgan fingerprint density at radius 1 is 1.35 bits per heavy atom. The Hall–Kier alpha value is -1.18. The molecule has 0 spiro atoms. The fourth-order valence-corrected chi connectivity index (χ4v) is 6.28. The highest BCUT2D eigenvalue weighted by molar-refractivity contribution is 7.91. The molecule has 3 heterocycles. The first-order chi connectivity index (χ1) is 10.9. The van der Waals surface area contributed by atoms with Crippen LogP contribution in [0.3, 0.4) is 0 Å². The Morgan fingerprint density at radius 2 is 2.13 bits per heavy atom. The first-order valence-corrected chi connectivity index (χ1v) is 10.3. The average Bonchev–Trinajstić information content (AvgIpc) is 3.16. The molecule has 2 aromatic rings. The highest BCUT2D eigenvalue weighted by Gasteiger charge is 2.33. The molecule has 1 saturated heterocycles. The van der Waals surface area contributed by atoms with Crippen LogP contribution in [-0.2, 0) is 10.0 Å². The molecule has 5 nitrogen and oxygen atoms in total. The van der Waals surface area contributed by atoms with Crippen molar-refractivity contribution in [2.45, 2.75) is 56.7 Å². The fourth-order valence-electron chi connectivity index (χ4n) is 3.04. The monoisotopic (exact) mass is 354 g/mol. The highest BCUT2D eigenvalue weighted by atomic mass is 32.2. The van der Waals surface area contributed by atoms with Crippen LogP contribution in [0.4, 0.5) is 0 Å². The Bertz CT molecular complexity index is 792. The van der Waals surface area contributed by atoms with Crippen molar-refractivity contribution in [1.29, 1.82) is 0 Å². The van der Waals surface area contributed by atoms with Gasteiger partial charge in [-0.3, -0.25) is 0 Å². The van der Waals surface area contributed by atoms with Crippen LogP contribution >= 0.6 is 11.3 Å². The van der Waals surface area contributed by atoms with E-state index in [1.807, 2.05) is 19.9 Å². The van der Waals surface area contributed by atoms with Crippen LogP contribution in [0.2, 0.25) is 0 Å². The lowest BCUT2D eigenvalue weighted by Gasteiger charge is -2.33. The van der Waals surface area contributed by atoms with E-state index in [4.69, 9.17) is 4.52 Å². The van der Waals surface area contributed by atoms with Gasteiger partial charge in [0.2, 0.25) is 0 Å². The second-order valence-corrected chi connectivity index (χ2v) is 9.22. The molecule has 0 N–H and O–H groups in total. The zero-order valence-electron chi connectivity index (χ0n) is 13.7. The minimum atomic E-state index is -3.43. The molecule has 0 aromatic carbocycles. The first kappa shape index (κ1) is 16.7. The highest BCUT2D eigenvalue weighted by Crippen LogP contribution is 2.36. The summed E-state index contributed by atoms with van der Waals surface area (Å²) in [5, 5.41) is 3.95. The summed E-state index contributed by atoms with van der Waals surface area (Å²) in [5.74, 6) is 0.666. The van der Waals surface area contributed by atoms with Gasteiger partial charge in [0, 0.05) is 18.2 Å². The lowest BCUT2D eigenvalue weighted by molar-refractivity contribution is 0.247. The van der Waals surface area contributed by atoms with E-state index < -0.39 is 10.0 Å². The molecule has 23 heavy (non-hydrogen) atoms. The van der Waals surface area contributed by atoms with E-state index in [0.717, 1.165) is 41.8 Å². The number of rotatable bonds is 4. The lowest BCUT2D eigenvalue weighted by Crippen LogP contribution is -2.42. The third-order valence-corrected chi connectivity index (χ3v) is 8.07. The largest absolute Gasteiger partial charge is 0.355 e. The predicted molar refractivity (Wildman–Crippen MR) is 91.1 cm³/mol. The summed E-state index contributed by atoms with van der Waals surface area (Å²) in [4.78, 5) is 0.812. The van der Waals surface area contributed by atoms with Gasteiger partial charge in [0.15, 0.2) is 5.76 Å². The second kappa shape index (κ2) is 6.37. The van der Waals surface area contributed by atoms with Gasteiger partial charge in [-0.05, 0) is 45.2 Å². The maximum atomic E-state index is 13.0. The van der Waals surface area contributed by atoms with Gasteiger partial charge < -0.3 is 4.52 Å². The number of aryl methyl sites for hydroxylation is 1. The normalized spacial score (nSPS) is 20.0. The molecule has 0 bridgehead atoms. The van der Waals surface area contributed by atoms with Crippen molar-refractivity contribution in [2.24, 2.45) is 0 Å². The van der Waals surface area contributed by atoms with E-state index in [-0.39, 0.29) is 6.04 Å². The molecule has 1 aliphatic heterocycles. The number of piperidine rings is 1. The Balaban J connectivity index is 1.94. The summed E-state index contributed by atoms with van der Waals surface area (Å²) in [6.45, 7) is 6.49. The number of sulfonamides is 1. The molecule has 126 valence electrons. The van der Waals surface area contributed by atoms with Crippen LogP contribution in [0.1, 0.15) is 43.9 Å². The lowest BCUT2D eigenvalue weighted by atomic mass is 10.0. The van der Waals surface area contributed by atoms with Gasteiger partial charge in [0.25, 0.3) is 10.0 Å². The standard InChI is InChI=1S/C16H22N2O3S2/c1-4-13-7-5-6-10-18(13)23(19,20)15-9-8-14(22-15)16-11(2)12(3)17-21-16/h8-9,13H,4-7,10H2,1-3H3/t13-/m1/s1. The van der Waals surface area contributed by atoms with Crippen molar-refractivity contribution in [2.75, 3.05) is 6.54 Å². The number of hydrogen-bond acceptors (Lipinski definition) is 5.